The van der Waals surface area contributed by atoms with Crippen molar-refractivity contribution in [3.63, 3.8) is 0 Å². The molecular weight excluding hydrogens is 366 g/mol. The quantitative estimate of drug-likeness (QED) is 0.397. The number of benzene rings is 2. The number of aromatic nitrogens is 2. The van der Waals surface area contributed by atoms with Crippen molar-refractivity contribution in [2.75, 3.05) is 17.6 Å². The number of nitrogens with zero attached hydrogens (tertiary/aromatic N) is 2. The van der Waals surface area contributed by atoms with Gasteiger partial charge in [-0.1, -0.05) is 30.0 Å². The molecule has 0 saturated carbocycles. The number of amides is 2. The van der Waals surface area contributed by atoms with Gasteiger partial charge in [-0.2, -0.15) is 0 Å². The van der Waals surface area contributed by atoms with Gasteiger partial charge < -0.3 is 21.5 Å². The largest absolute Gasteiger partial charge is 0.508 e. The highest BCUT2D eigenvalue weighted by atomic mass is 16.3. The molecule has 0 aliphatic heterocycles. The molecule has 7 heteroatoms. The third-order valence-corrected chi connectivity index (χ3v) is 3.98. The highest BCUT2D eigenvalue weighted by molar-refractivity contribution is 5.89. The Morgan fingerprint density at radius 1 is 1.03 bits per heavy atom. The van der Waals surface area contributed by atoms with Crippen molar-refractivity contribution in [2.45, 2.75) is 12.8 Å². The highest BCUT2D eigenvalue weighted by Gasteiger charge is 2.02. The first-order valence-corrected chi connectivity index (χ1v) is 9.11. The van der Waals surface area contributed by atoms with E-state index >= 15 is 0 Å². The Balaban J connectivity index is 1.48. The monoisotopic (exact) mass is 387 g/mol. The molecule has 0 aliphatic rings. The molecule has 0 saturated heterocycles. The molecule has 7 nitrogen and oxygen atoms in total. The number of nitrogen functional groups attached to an aromatic ring is 1. The Kier molecular flexibility index (Phi) is 6.63. The second kappa shape index (κ2) is 9.76. The smallest absolute Gasteiger partial charge is 0.319 e. The minimum atomic E-state index is -0.280. The van der Waals surface area contributed by atoms with Crippen LogP contribution in [0.4, 0.5) is 16.4 Å². The standard InChI is InChI=1S/C22H21N5O2/c23-21-25-14-18(15-26-21)10-9-17-4-1-7-19(12-17)27-22(29)24-11-3-6-16-5-2-8-20(28)13-16/h1-2,4-5,7-8,12-15,28H,3,6,11H2,(H2,23,25,26)(H2,24,27,29). The number of phenolic OH excluding ortho intramolecular Hbond substituents is 1. The van der Waals surface area contributed by atoms with Crippen LogP contribution in [0.5, 0.6) is 5.75 Å². The van der Waals surface area contributed by atoms with Gasteiger partial charge in [0.25, 0.3) is 0 Å². The van der Waals surface area contributed by atoms with Gasteiger partial charge in [0.1, 0.15) is 5.75 Å². The summed E-state index contributed by atoms with van der Waals surface area (Å²) in [5.41, 5.74) is 8.54. The van der Waals surface area contributed by atoms with Gasteiger partial charge in [-0.05, 0) is 48.7 Å². The van der Waals surface area contributed by atoms with E-state index in [1.807, 2.05) is 18.2 Å². The molecule has 0 radical (unpaired) electrons. The van der Waals surface area contributed by atoms with E-state index in [1.165, 1.54) is 0 Å². The normalized spacial score (nSPS) is 9.93. The van der Waals surface area contributed by atoms with Gasteiger partial charge in [0, 0.05) is 30.2 Å². The van der Waals surface area contributed by atoms with Gasteiger partial charge in [-0.25, -0.2) is 14.8 Å². The van der Waals surface area contributed by atoms with Crippen molar-refractivity contribution >= 4 is 17.7 Å². The van der Waals surface area contributed by atoms with Gasteiger partial charge in [0.15, 0.2) is 0 Å². The fraction of sp³-hybridized carbons (Fsp3) is 0.136. The number of aromatic hydroxyl groups is 1. The Morgan fingerprint density at radius 2 is 1.79 bits per heavy atom. The summed E-state index contributed by atoms with van der Waals surface area (Å²) in [7, 11) is 0. The van der Waals surface area contributed by atoms with Crippen LogP contribution in [-0.2, 0) is 6.42 Å². The van der Waals surface area contributed by atoms with E-state index in [1.54, 1.807) is 42.7 Å². The lowest BCUT2D eigenvalue weighted by molar-refractivity contribution is 0.252. The number of carbonyl (C=O) groups is 1. The summed E-state index contributed by atoms with van der Waals surface area (Å²) in [6.07, 6.45) is 4.66. The molecule has 1 aromatic heterocycles. The summed E-state index contributed by atoms with van der Waals surface area (Å²) in [4.78, 5) is 19.9. The first kappa shape index (κ1) is 19.7. The zero-order valence-corrected chi connectivity index (χ0v) is 15.7. The molecule has 0 fully saturated rings. The molecule has 3 rings (SSSR count). The summed E-state index contributed by atoms with van der Waals surface area (Å²) >= 11 is 0. The van der Waals surface area contributed by atoms with Crippen molar-refractivity contribution in [3.8, 4) is 17.6 Å². The number of phenols is 1. The van der Waals surface area contributed by atoms with Crippen LogP contribution in [0, 0.1) is 11.8 Å². The highest BCUT2D eigenvalue weighted by Crippen LogP contribution is 2.12. The zero-order valence-electron chi connectivity index (χ0n) is 15.7. The number of rotatable bonds is 5. The van der Waals surface area contributed by atoms with Crippen molar-refractivity contribution in [1.82, 2.24) is 15.3 Å². The van der Waals surface area contributed by atoms with Crippen LogP contribution in [0.2, 0.25) is 0 Å². The summed E-state index contributed by atoms with van der Waals surface area (Å²) < 4.78 is 0. The Bertz CT molecular complexity index is 1040. The molecule has 3 aromatic rings. The van der Waals surface area contributed by atoms with Gasteiger partial charge in [0.05, 0.1) is 5.56 Å². The van der Waals surface area contributed by atoms with E-state index in [0.29, 0.717) is 17.8 Å². The fourth-order valence-corrected chi connectivity index (χ4v) is 2.60. The van der Waals surface area contributed by atoms with Crippen molar-refractivity contribution in [1.29, 1.82) is 0 Å². The van der Waals surface area contributed by atoms with Crippen LogP contribution < -0.4 is 16.4 Å². The van der Waals surface area contributed by atoms with E-state index in [4.69, 9.17) is 5.73 Å². The molecule has 0 atom stereocenters. The molecule has 2 aromatic carbocycles. The number of hydrogen-bond donors (Lipinski definition) is 4. The minimum Gasteiger partial charge on any atom is -0.508 e. The maximum Gasteiger partial charge on any atom is 0.319 e. The fourth-order valence-electron chi connectivity index (χ4n) is 2.60. The number of hydrogen-bond acceptors (Lipinski definition) is 5. The number of urea groups is 1. The van der Waals surface area contributed by atoms with E-state index < -0.39 is 0 Å². The van der Waals surface area contributed by atoms with E-state index in [-0.39, 0.29) is 17.7 Å². The molecule has 146 valence electrons. The van der Waals surface area contributed by atoms with Crippen molar-refractivity contribution in [2.24, 2.45) is 0 Å². The number of carbonyl (C=O) groups excluding carboxylic acids is 1. The number of aryl methyl sites for hydroxylation is 1. The van der Waals surface area contributed by atoms with E-state index in [2.05, 4.69) is 32.4 Å². The van der Waals surface area contributed by atoms with Crippen LogP contribution in [-0.4, -0.2) is 27.7 Å². The second-order valence-corrected chi connectivity index (χ2v) is 6.32. The molecule has 5 N–H and O–H groups in total. The van der Waals surface area contributed by atoms with Crippen molar-refractivity contribution in [3.05, 3.63) is 77.6 Å². The predicted molar refractivity (Wildman–Crippen MR) is 112 cm³/mol. The lowest BCUT2D eigenvalue weighted by Crippen LogP contribution is -2.29. The topological polar surface area (TPSA) is 113 Å². The van der Waals surface area contributed by atoms with Gasteiger partial charge >= 0.3 is 6.03 Å². The van der Waals surface area contributed by atoms with Crippen LogP contribution in [0.3, 0.4) is 0 Å². The lowest BCUT2D eigenvalue weighted by atomic mass is 10.1. The molecule has 0 bridgehead atoms. The van der Waals surface area contributed by atoms with Crippen LogP contribution in [0.25, 0.3) is 0 Å². The second-order valence-electron chi connectivity index (χ2n) is 6.32. The predicted octanol–water partition coefficient (Wildman–Crippen LogP) is 2.92. The Morgan fingerprint density at radius 3 is 2.59 bits per heavy atom. The van der Waals surface area contributed by atoms with Crippen LogP contribution >= 0.6 is 0 Å². The summed E-state index contributed by atoms with van der Waals surface area (Å²) in [6, 6.07) is 14.1. The summed E-state index contributed by atoms with van der Waals surface area (Å²) in [6.45, 7) is 0.526. The van der Waals surface area contributed by atoms with E-state index in [0.717, 1.165) is 24.0 Å². The lowest BCUT2D eigenvalue weighted by Gasteiger charge is -2.08. The molecule has 1 heterocycles. The average Bonchev–Trinajstić information content (AvgIpc) is 2.71. The number of nitrogens with two attached hydrogens (primary N) is 1. The molecule has 2 amide bonds. The molecular formula is C22H21N5O2. The van der Waals surface area contributed by atoms with Gasteiger partial charge in [-0.15, -0.1) is 0 Å². The average molecular weight is 387 g/mol. The molecule has 0 spiro atoms. The van der Waals surface area contributed by atoms with Crippen molar-refractivity contribution < 1.29 is 9.90 Å². The molecule has 0 unspecified atom stereocenters. The third-order valence-electron chi connectivity index (χ3n) is 3.98. The molecule has 29 heavy (non-hydrogen) atoms. The maximum atomic E-state index is 12.1. The third kappa shape index (κ3) is 6.56. The van der Waals surface area contributed by atoms with Gasteiger partial charge in [-0.3, -0.25) is 0 Å². The van der Waals surface area contributed by atoms with Crippen LogP contribution in [0.15, 0.2) is 60.9 Å². The van der Waals surface area contributed by atoms with E-state index in [9.17, 15) is 9.90 Å². The van der Waals surface area contributed by atoms with Gasteiger partial charge in [0.2, 0.25) is 5.95 Å². The van der Waals surface area contributed by atoms with Crippen LogP contribution in [0.1, 0.15) is 23.1 Å². The SMILES string of the molecule is Nc1ncc(C#Cc2cccc(NC(=O)NCCCc3cccc(O)c3)c2)cn1. The maximum absolute atomic E-state index is 12.1. The molecule has 0 aliphatic carbocycles. The Hall–Kier alpha value is -4.05. The Labute approximate surface area is 169 Å². The minimum absolute atomic E-state index is 0.203. The number of anilines is 2. The zero-order chi connectivity index (χ0) is 20.5. The first-order valence-electron chi connectivity index (χ1n) is 9.11. The summed E-state index contributed by atoms with van der Waals surface area (Å²) in [5.74, 6) is 6.41. The number of nitrogens with one attached hydrogen (secondary N) is 2. The summed E-state index contributed by atoms with van der Waals surface area (Å²) in [5, 5.41) is 15.1. The first-order chi connectivity index (χ1) is 14.1.